The van der Waals surface area contributed by atoms with Gasteiger partial charge in [0.1, 0.15) is 11.5 Å². The number of aromatic nitrogens is 5. The van der Waals surface area contributed by atoms with Crippen LogP contribution in [0.25, 0.3) is 11.4 Å². The molecule has 1 amide bonds. The second kappa shape index (κ2) is 8.34. The number of fused-ring (bicyclic) bond motifs is 1. The molecule has 0 radical (unpaired) electrons. The topological polar surface area (TPSA) is 98.4 Å². The summed E-state index contributed by atoms with van der Waals surface area (Å²) in [7, 11) is 6.95. The van der Waals surface area contributed by atoms with Crippen LogP contribution < -0.4 is 20.1 Å². The number of aryl methyl sites for hydroxylation is 2. The molecule has 0 N–H and O–H groups in total. The molecular formula is C23H29N7O3. The number of carbonyl (C=O) groups is 1. The van der Waals surface area contributed by atoms with E-state index in [1.165, 1.54) is 9.47 Å². The maximum atomic E-state index is 13.4. The number of ether oxygens (including phenoxy) is 1. The van der Waals surface area contributed by atoms with Gasteiger partial charge in [0.2, 0.25) is 11.8 Å². The zero-order valence-electron chi connectivity index (χ0n) is 20.1. The van der Waals surface area contributed by atoms with Gasteiger partial charge in [-0.25, -0.2) is 9.97 Å². The summed E-state index contributed by atoms with van der Waals surface area (Å²) in [6.45, 7) is 6.33. The Morgan fingerprint density at radius 1 is 1.21 bits per heavy atom. The molecule has 0 bridgehead atoms. The molecule has 0 spiro atoms. The highest BCUT2D eigenvalue weighted by Gasteiger charge is 2.38. The van der Waals surface area contributed by atoms with Crippen LogP contribution in [0, 0.1) is 0 Å². The number of rotatable bonds is 6. The number of amides is 1. The Labute approximate surface area is 192 Å². The molecule has 0 fully saturated rings. The molecule has 4 heterocycles. The van der Waals surface area contributed by atoms with Crippen LogP contribution in [-0.2, 0) is 20.0 Å². The van der Waals surface area contributed by atoms with Gasteiger partial charge < -0.3 is 18.8 Å². The van der Waals surface area contributed by atoms with E-state index >= 15 is 0 Å². The fourth-order valence-corrected chi connectivity index (χ4v) is 4.11. The number of carbonyl (C=O) groups excluding carboxylic acids is 1. The van der Waals surface area contributed by atoms with Crippen molar-refractivity contribution in [3.05, 3.63) is 45.8 Å². The summed E-state index contributed by atoms with van der Waals surface area (Å²) in [4.78, 5) is 43.1. The van der Waals surface area contributed by atoms with E-state index < -0.39 is 0 Å². The third kappa shape index (κ3) is 3.65. The minimum Gasteiger partial charge on any atom is -0.480 e. The molecule has 33 heavy (non-hydrogen) atoms. The fraction of sp³-hybridized carbons (Fsp3) is 0.435. The maximum Gasteiger partial charge on any atom is 0.279 e. The highest BCUT2D eigenvalue weighted by molar-refractivity contribution is 6.08. The van der Waals surface area contributed by atoms with Gasteiger partial charge in [-0.2, -0.15) is 4.98 Å². The molecule has 0 saturated heterocycles. The number of pyridine rings is 1. The monoisotopic (exact) mass is 451 g/mol. The lowest BCUT2D eigenvalue weighted by Crippen LogP contribution is -2.32. The van der Waals surface area contributed by atoms with E-state index in [4.69, 9.17) is 9.72 Å². The van der Waals surface area contributed by atoms with Gasteiger partial charge in [-0.1, -0.05) is 6.92 Å². The minimum absolute atomic E-state index is 0.00652. The summed E-state index contributed by atoms with van der Waals surface area (Å²) in [5.74, 6) is 1.17. The highest BCUT2D eigenvalue weighted by Crippen LogP contribution is 2.36. The Morgan fingerprint density at radius 2 is 1.94 bits per heavy atom. The van der Waals surface area contributed by atoms with Gasteiger partial charge in [0.05, 0.1) is 24.9 Å². The molecule has 0 aliphatic carbocycles. The highest BCUT2D eigenvalue weighted by atomic mass is 16.5. The molecule has 1 aliphatic heterocycles. The van der Waals surface area contributed by atoms with Crippen molar-refractivity contribution in [1.82, 2.24) is 24.1 Å². The second-order valence-corrected chi connectivity index (χ2v) is 8.58. The first-order chi connectivity index (χ1) is 15.7. The number of hydrogen-bond donors (Lipinski definition) is 0. The molecule has 3 aromatic rings. The van der Waals surface area contributed by atoms with E-state index in [0.717, 1.165) is 17.7 Å². The molecule has 10 heteroatoms. The molecule has 0 saturated carbocycles. The summed E-state index contributed by atoms with van der Waals surface area (Å²) < 4.78 is 9.05. The van der Waals surface area contributed by atoms with Crippen LogP contribution in [0.3, 0.4) is 0 Å². The van der Waals surface area contributed by atoms with E-state index in [-0.39, 0.29) is 24.1 Å². The zero-order chi connectivity index (χ0) is 24.0. The molecule has 1 aliphatic rings. The first-order valence-corrected chi connectivity index (χ1v) is 10.9. The summed E-state index contributed by atoms with van der Waals surface area (Å²) in [5.41, 5.74) is 2.84. The zero-order valence-corrected chi connectivity index (χ0v) is 20.1. The number of imidazole rings is 1. The van der Waals surface area contributed by atoms with Crippen LogP contribution in [0.4, 0.5) is 11.6 Å². The number of methoxy groups -OCH3 is 1. The van der Waals surface area contributed by atoms with Crippen molar-refractivity contribution >= 4 is 17.5 Å². The predicted octanol–water partition coefficient (Wildman–Crippen LogP) is 2.42. The average molecular weight is 452 g/mol. The van der Waals surface area contributed by atoms with Crippen molar-refractivity contribution in [3.63, 3.8) is 0 Å². The summed E-state index contributed by atoms with van der Waals surface area (Å²) in [6.07, 6.45) is 4.23. The van der Waals surface area contributed by atoms with Crippen LogP contribution in [0.2, 0.25) is 0 Å². The predicted molar refractivity (Wildman–Crippen MR) is 126 cm³/mol. The second-order valence-electron chi connectivity index (χ2n) is 8.58. The summed E-state index contributed by atoms with van der Waals surface area (Å²) in [6, 6.07) is 1.80. The molecule has 174 valence electrons. The largest absolute Gasteiger partial charge is 0.480 e. The Bertz CT molecular complexity index is 1290. The Hall–Kier alpha value is -3.69. The quantitative estimate of drug-likeness (QED) is 0.568. The van der Waals surface area contributed by atoms with Crippen molar-refractivity contribution in [2.45, 2.75) is 39.8 Å². The number of hydrogen-bond acceptors (Lipinski definition) is 7. The Balaban J connectivity index is 1.83. The lowest BCUT2D eigenvalue weighted by Gasteiger charge is -2.20. The molecule has 0 unspecified atom stereocenters. The average Bonchev–Trinajstić information content (AvgIpc) is 3.31. The van der Waals surface area contributed by atoms with Gasteiger partial charge >= 0.3 is 0 Å². The first-order valence-electron chi connectivity index (χ1n) is 10.9. The Morgan fingerprint density at radius 3 is 2.55 bits per heavy atom. The molecule has 4 rings (SSSR count). The SMILES string of the molecule is CCc1cc(N2Cc3c(nc(-c4cnc(N(C)C)nc4OC)n3C(C)C)C2=O)c(=O)n(C)c1. The third-order valence-electron chi connectivity index (χ3n) is 5.78. The summed E-state index contributed by atoms with van der Waals surface area (Å²) >= 11 is 0. The van der Waals surface area contributed by atoms with Gasteiger partial charge in [0.15, 0.2) is 5.69 Å². The summed E-state index contributed by atoms with van der Waals surface area (Å²) in [5, 5.41) is 0. The van der Waals surface area contributed by atoms with Gasteiger partial charge in [0.25, 0.3) is 11.5 Å². The van der Waals surface area contributed by atoms with Gasteiger partial charge in [-0.05, 0) is 31.9 Å². The lowest BCUT2D eigenvalue weighted by atomic mass is 10.2. The van der Waals surface area contributed by atoms with Crippen LogP contribution in [0.5, 0.6) is 5.88 Å². The van der Waals surface area contributed by atoms with E-state index in [9.17, 15) is 9.59 Å². The van der Waals surface area contributed by atoms with Gasteiger partial charge in [-0.3, -0.25) is 14.5 Å². The van der Waals surface area contributed by atoms with Crippen molar-refractivity contribution in [3.8, 4) is 17.3 Å². The van der Waals surface area contributed by atoms with Crippen molar-refractivity contribution in [1.29, 1.82) is 0 Å². The lowest BCUT2D eigenvalue weighted by molar-refractivity contribution is 0.0992. The number of anilines is 2. The standard InChI is InChI=1S/C23H29N7O3/c1-8-14-9-16(21(31)28(6)11-14)29-12-17-18(22(29)32)25-19(30(17)13(2)3)15-10-24-23(27(4)5)26-20(15)33-7/h9-11,13H,8,12H2,1-7H3. The molecule has 0 aromatic carbocycles. The molecule has 3 aromatic heterocycles. The normalized spacial score (nSPS) is 13.1. The van der Waals surface area contributed by atoms with Gasteiger partial charge in [-0.15, -0.1) is 0 Å². The smallest absolute Gasteiger partial charge is 0.279 e. The Kier molecular flexibility index (Phi) is 5.69. The first kappa shape index (κ1) is 22.5. The van der Waals surface area contributed by atoms with E-state index in [1.807, 2.05) is 39.4 Å². The van der Waals surface area contributed by atoms with E-state index in [2.05, 4.69) is 9.97 Å². The van der Waals surface area contributed by atoms with Crippen molar-refractivity contribution in [2.75, 3.05) is 31.0 Å². The fourth-order valence-electron chi connectivity index (χ4n) is 4.11. The molecule has 0 atom stereocenters. The van der Waals surface area contributed by atoms with E-state index in [1.54, 1.807) is 37.5 Å². The van der Waals surface area contributed by atoms with Gasteiger partial charge in [0, 0.05) is 39.6 Å². The molecule has 10 nitrogen and oxygen atoms in total. The minimum atomic E-state index is -0.291. The molecular weight excluding hydrogens is 422 g/mol. The maximum absolute atomic E-state index is 13.4. The van der Waals surface area contributed by atoms with Crippen LogP contribution in [0.1, 0.15) is 48.6 Å². The van der Waals surface area contributed by atoms with Crippen molar-refractivity contribution in [2.24, 2.45) is 7.05 Å². The van der Waals surface area contributed by atoms with Crippen LogP contribution in [0.15, 0.2) is 23.3 Å². The van der Waals surface area contributed by atoms with Crippen molar-refractivity contribution < 1.29 is 9.53 Å². The van der Waals surface area contributed by atoms with Crippen LogP contribution in [-0.4, -0.2) is 51.2 Å². The number of nitrogens with zero attached hydrogens (tertiary/aromatic N) is 7. The van der Waals surface area contributed by atoms with Crippen LogP contribution >= 0.6 is 0 Å². The van der Waals surface area contributed by atoms with E-state index in [0.29, 0.717) is 34.6 Å². The third-order valence-corrected chi connectivity index (χ3v) is 5.78.